The van der Waals surface area contributed by atoms with Crippen LogP contribution in [0.2, 0.25) is 5.02 Å². The summed E-state index contributed by atoms with van der Waals surface area (Å²) >= 11 is 6.22. The molecule has 1 heterocycles. The Morgan fingerprint density at radius 3 is 2.77 bits per heavy atom. The van der Waals surface area contributed by atoms with E-state index in [2.05, 4.69) is 10.6 Å². The molecular weight excluding hydrogens is 348 g/mol. The van der Waals surface area contributed by atoms with Crippen LogP contribution in [-0.4, -0.2) is 17.6 Å². The lowest BCUT2D eigenvalue weighted by Crippen LogP contribution is -2.11. The fourth-order valence-electron chi connectivity index (χ4n) is 3.41. The first kappa shape index (κ1) is 16.5. The van der Waals surface area contributed by atoms with Gasteiger partial charge < -0.3 is 15.0 Å². The Morgan fingerprint density at radius 1 is 1.19 bits per heavy atom. The zero-order chi connectivity index (χ0) is 18.3. The van der Waals surface area contributed by atoms with Gasteiger partial charge in [-0.25, -0.2) is 0 Å². The van der Waals surface area contributed by atoms with Crippen LogP contribution in [0, 0.1) is 6.07 Å². The summed E-state index contributed by atoms with van der Waals surface area (Å²) in [4.78, 5) is 11.9. The topological polar surface area (TPSA) is 57.2 Å². The molecule has 0 spiro atoms. The quantitative estimate of drug-likeness (QED) is 0.584. The van der Waals surface area contributed by atoms with Gasteiger partial charge in [0, 0.05) is 26.9 Å². The molecule has 0 saturated heterocycles. The molecule has 0 aliphatic carbocycles. The molecule has 0 unspecified atom stereocenters. The Kier molecular flexibility index (Phi) is 4.05. The molecule has 0 bridgehead atoms. The van der Waals surface area contributed by atoms with Crippen LogP contribution in [0.5, 0.6) is 5.75 Å². The van der Waals surface area contributed by atoms with E-state index in [1.807, 2.05) is 42.5 Å². The van der Waals surface area contributed by atoms with Crippen LogP contribution in [0.25, 0.3) is 21.8 Å². The number of para-hydroxylation sites is 1. The molecule has 0 aliphatic rings. The van der Waals surface area contributed by atoms with Crippen molar-refractivity contribution in [3.63, 3.8) is 0 Å². The van der Waals surface area contributed by atoms with Crippen LogP contribution in [0.4, 0.5) is 0 Å². The second kappa shape index (κ2) is 6.39. The summed E-state index contributed by atoms with van der Waals surface area (Å²) < 4.78 is 7.59. The van der Waals surface area contributed by atoms with Gasteiger partial charge in [-0.3, -0.25) is 4.79 Å². The van der Waals surface area contributed by atoms with Gasteiger partial charge >= 0.3 is 0 Å². The molecule has 0 aliphatic heterocycles. The number of aromatic nitrogens is 1. The number of ether oxygens (including phenoxy) is 1. The van der Waals surface area contributed by atoms with Crippen LogP contribution in [0.3, 0.4) is 0 Å². The second-order valence-electron chi connectivity index (χ2n) is 6.04. The Hall–Kier alpha value is -2.98. The Labute approximate surface area is 155 Å². The number of benzene rings is 3. The molecule has 0 atom stereocenters. The molecule has 1 radical (unpaired) electrons. The van der Waals surface area contributed by atoms with Crippen molar-refractivity contribution in [2.24, 2.45) is 5.73 Å². The van der Waals surface area contributed by atoms with E-state index in [0.29, 0.717) is 17.1 Å². The summed E-state index contributed by atoms with van der Waals surface area (Å²) in [6, 6.07) is 20.2. The molecule has 4 aromatic rings. The van der Waals surface area contributed by atoms with E-state index in [4.69, 9.17) is 22.1 Å². The minimum absolute atomic E-state index is 0.463. The van der Waals surface area contributed by atoms with E-state index in [1.54, 1.807) is 19.2 Å². The predicted molar refractivity (Wildman–Crippen MR) is 104 cm³/mol. The number of carbonyl (C=O) groups excluding carboxylic acids is 1. The van der Waals surface area contributed by atoms with E-state index < -0.39 is 5.91 Å². The molecule has 4 nitrogen and oxygen atoms in total. The second-order valence-corrected chi connectivity index (χ2v) is 6.48. The van der Waals surface area contributed by atoms with Gasteiger partial charge in [0.15, 0.2) is 0 Å². The van der Waals surface area contributed by atoms with Crippen molar-refractivity contribution >= 4 is 39.3 Å². The van der Waals surface area contributed by atoms with Gasteiger partial charge in [0.25, 0.3) is 0 Å². The van der Waals surface area contributed by atoms with E-state index in [9.17, 15) is 4.79 Å². The van der Waals surface area contributed by atoms with Gasteiger partial charge in [0.2, 0.25) is 5.91 Å². The minimum atomic E-state index is -0.463. The maximum atomic E-state index is 11.9. The summed E-state index contributed by atoms with van der Waals surface area (Å²) in [7, 11) is 1.65. The normalized spacial score (nSPS) is 11.2. The van der Waals surface area contributed by atoms with E-state index in [-0.39, 0.29) is 0 Å². The van der Waals surface area contributed by atoms with Crippen LogP contribution in [-0.2, 0) is 6.54 Å². The first-order valence-electron chi connectivity index (χ1n) is 8.14. The zero-order valence-electron chi connectivity index (χ0n) is 14.1. The summed E-state index contributed by atoms with van der Waals surface area (Å²) in [6.45, 7) is 0.570. The SMILES string of the molecule is COc1ccccc1Cn1c2cc(Cl)c[c]c2c2c(C(N)=O)cccc21. The van der Waals surface area contributed by atoms with Crippen molar-refractivity contribution < 1.29 is 9.53 Å². The highest BCUT2D eigenvalue weighted by Crippen LogP contribution is 2.34. The molecule has 0 saturated carbocycles. The maximum absolute atomic E-state index is 11.9. The number of fused-ring (bicyclic) bond motifs is 3. The van der Waals surface area contributed by atoms with Crippen LogP contribution in [0.1, 0.15) is 15.9 Å². The molecule has 0 fully saturated rings. The molecule has 3 aromatic carbocycles. The van der Waals surface area contributed by atoms with Crippen molar-refractivity contribution in [2.45, 2.75) is 6.54 Å². The number of nitrogens with zero attached hydrogens (tertiary/aromatic N) is 1. The average Bonchev–Trinajstić information content (AvgIpc) is 2.95. The minimum Gasteiger partial charge on any atom is -0.496 e. The Morgan fingerprint density at radius 2 is 2.00 bits per heavy atom. The fraction of sp³-hybridized carbons (Fsp3) is 0.0952. The first-order chi connectivity index (χ1) is 12.6. The van der Waals surface area contributed by atoms with Crippen molar-refractivity contribution in [1.29, 1.82) is 0 Å². The van der Waals surface area contributed by atoms with Gasteiger partial charge in [0.1, 0.15) is 5.75 Å². The number of primary amides is 1. The van der Waals surface area contributed by atoms with Crippen molar-refractivity contribution in [1.82, 2.24) is 4.57 Å². The zero-order valence-corrected chi connectivity index (χ0v) is 14.9. The lowest BCUT2D eigenvalue weighted by atomic mass is 10.1. The largest absolute Gasteiger partial charge is 0.496 e. The van der Waals surface area contributed by atoms with Crippen molar-refractivity contribution in [3.05, 3.63) is 76.8 Å². The lowest BCUT2D eigenvalue weighted by molar-refractivity contribution is 0.100. The number of methoxy groups -OCH3 is 1. The van der Waals surface area contributed by atoms with Gasteiger partial charge in [0.05, 0.1) is 24.7 Å². The van der Waals surface area contributed by atoms with E-state index in [0.717, 1.165) is 33.1 Å². The molecule has 129 valence electrons. The molecule has 2 N–H and O–H groups in total. The van der Waals surface area contributed by atoms with Crippen molar-refractivity contribution in [2.75, 3.05) is 7.11 Å². The number of halogens is 1. The van der Waals surface area contributed by atoms with E-state index >= 15 is 0 Å². The van der Waals surface area contributed by atoms with Gasteiger partial charge in [-0.1, -0.05) is 35.9 Å². The number of hydrogen-bond acceptors (Lipinski definition) is 2. The Bertz CT molecular complexity index is 1150. The molecule has 1 aromatic heterocycles. The number of amides is 1. The van der Waals surface area contributed by atoms with Crippen molar-refractivity contribution in [3.8, 4) is 5.75 Å². The smallest absolute Gasteiger partial charge is 0.249 e. The maximum Gasteiger partial charge on any atom is 0.249 e. The predicted octanol–water partition coefficient (Wildman–Crippen LogP) is 4.40. The number of carbonyl (C=O) groups is 1. The standard InChI is InChI=1S/C21H16ClN2O2/c1-26-19-8-3-2-5-13(19)12-24-17-7-4-6-16(21(23)25)20(17)15-10-9-14(22)11-18(15)24/h2-9,11H,12H2,1H3,(H2,23,25). The van der Waals surface area contributed by atoms with E-state index in [1.165, 1.54) is 0 Å². The van der Waals surface area contributed by atoms with Crippen LogP contribution >= 0.6 is 11.6 Å². The third-order valence-corrected chi connectivity index (χ3v) is 4.76. The number of hydrogen-bond donors (Lipinski definition) is 1. The summed E-state index contributed by atoms with van der Waals surface area (Å²) in [5.74, 6) is 0.342. The lowest BCUT2D eigenvalue weighted by Gasteiger charge is -2.12. The van der Waals surface area contributed by atoms with Gasteiger partial charge in [-0.05, 0) is 36.4 Å². The van der Waals surface area contributed by atoms with Gasteiger partial charge in [-0.15, -0.1) is 0 Å². The first-order valence-corrected chi connectivity index (χ1v) is 8.52. The van der Waals surface area contributed by atoms with Gasteiger partial charge in [-0.2, -0.15) is 0 Å². The highest BCUT2D eigenvalue weighted by Gasteiger charge is 2.17. The molecule has 4 rings (SSSR count). The van der Waals surface area contributed by atoms with Crippen LogP contribution in [0.15, 0.2) is 54.6 Å². The summed E-state index contributed by atoms with van der Waals surface area (Å²) in [5.41, 5.74) is 8.90. The third-order valence-electron chi connectivity index (χ3n) is 4.55. The van der Waals surface area contributed by atoms with Crippen LogP contribution < -0.4 is 10.5 Å². The monoisotopic (exact) mass is 363 g/mol. The molecular formula is C21H16ClN2O2. The summed E-state index contributed by atoms with van der Waals surface area (Å²) in [5, 5.41) is 2.21. The average molecular weight is 364 g/mol. The molecule has 26 heavy (non-hydrogen) atoms. The molecule has 5 heteroatoms. The molecule has 1 amide bonds. The Balaban J connectivity index is 2.05. The highest BCUT2D eigenvalue weighted by atomic mass is 35.5. The highest BCUT2D eigenvalue weighted by molar-refractivity contribution is 6.31. The number of nitrogens with two attached hydrogens (primary N) is 1. The number of rotatable bonds is 4. The third kappa shape index (κ3) is 2.59. The summed E-state index contributed by atoms with van der Waals surface area (Å²) in [6.07, 6.45) is 0. The fourth-order valence-corrected chi connectivity index (χ4v) is 3.57.